The van der Waals surface area contributed by atoms with Gasteiger partial charge in [0.25, 0.3) is 0 Å². The molecule has 2 rings (SSSR count). The van der Waals surface area contributed by atoms with Crippen LogP contribution in [-0.4, -0.2) is 34.7 Å². The first-order valence-electron chi connectivity index (χ1n) is 5.12. The average Bonchev–Trinajstić information content (AvgIpc) is 2.88. The Kier molecular flexibility index (Phi) is 3.53. The number of rotatable bonds is 3. The summed E-state index contributed by atoms with van der Waals surface area (Å²) in [5.41, 5.74) is 0.785. The number of thiazole rings is 1. The second-order valence-corrected chi connectivity index (χ2v) is 5.85. The maximum absolute atomic E-state index is 9.41. The van der Waals surface area contributed by atoms with E-state index in [2.05, 4.69) is 16.9 Å². The molecule has 1 aromatic rings. The van der Waals surface area contributed by atoms with E-state index in [1.165, 1.54) is 17.9 Å². The third-order valence-electron chi connectivity index (χ3n) is 2.69. The van der Waals surface area contributed by atoms with Gasteiger partial charge >= 0.3 is 0 Å². The van der Waals surface area contributed by atoms with Gasteiger partial charge in [0.2, 0.25) is 0 Å². The second kappa shape index (κ2) is 4.72. The molecule has 84 valence electrons. The zero-order valence-electron chi connectivity index (χ0n) is 9.01. The zero-order chi connectivity index (χ0) is 10.8. The molecule has 0 amide bonds. The van der Waals surface area contributed by atoms with E-state index in [-0.39, 0.29) is 0 Å². The third-order valence-corrected chi connectivity index (χ3v) is 4.79. The summed E-state index contributed by atoms with van der Waals surface area (Å²) in [7, 11) is 2.10. The molecule has 2 unspecified atom stereocenters. The number of aromatic nitrogens is 1. The number of hydrogen-bond donors (Lipinski definition) is 1. The summed E-state index contributed by atoms with van der Waals surface area (Å²) in [6, 6.07) is 0.614. The Labute approximate surface area is 98.5 Å². The Bertz CT molecular complexity index is 321. The van der Waals surface area contributed by atoms with Crippen molar-refractivity contribution in [3.8, 4) is 0 Å². The molecular formula is C10H16N2OS2. The van der Waals surface area contributed by atoms with Crippen molar-refractivity contribution < 1.29 is 5.11 Å². The summed E-state index contributed by atoms with van der Waals surface area (Å²) in [4.78, 5) is 6.69. The Morgan fingerprint density at radius 1 is 1.67 bits per heavy atom. The molecular weight excluding hydrogens is 228 g/mol. The fraction of sp³-hybridized carbons (Fsp3) is 0.700. The van der Waals surface area contributed by atoms with Gasteiger partial charge in [-0.05, 0) is 19.1 Å². The van der Waals surface area contributed by atoms with Crippen LogP contribution < -0.4 is 4.90 Å². The number of anilines is 1. The van der Waals surface area contributed by atoms with Crippen molar-refractivity contribution in [2.75, 3.05) is 23.5 Å². The predicted octanol–water partition coefficient (Wildman–Crippen LogP) is 2.14. The topological polar surface area (TPSA) is 36.4 Å². The molecule has 0 spiro atoms. The molecule has 1 saturated heterocycles. The van der Waals surface area contributed by atoms with Crippen LogP contribution in [0.3, 0.4) is 0 Å². The lowest BCUT2D eigenvalue weighted by Gasteiger charge is -2.22. The van der Waals surface area contributed by atoms with Gasteiger partial charge in [-0.3, -0.25) is 0 Å². The Balaban J connectivity index is 2.07. The van der Waals surface area contributed by atoms with Gasteiger partial charge in [0.15, 0.2) is 5.13 Å². The largest absolute Gasteiger partial charge is 0.387 e. The molecule has 0 bridgehead atoms. The molecule has 1 N–H and O–H groups in total. The normalized spacial score (nSPS) is 23.0. The lowest BCUT2D eigenvalue weighted by molar-refractivity contribution is 0.195. The first kappa shape index (κ1) is 11.2. The first-order valence-corrected chi connectivity index (χ1v) is 7.16. The van der Waals surface area contributed by atoms with Crippen molar-refractivity contribution in [1.29, 1.82) is 0 Å². The van der Waals surface area contributed by atoms with Gasteiger partial charge in [-0.1, -0.05) is 0 Å². The fourth-order valence-corrected chi connectivity index (χ4v) is 3.83. The maximum Gasteiger partial charge on any atom is 0.185 e. The number of aliphatic hydroxyl groups is 1. The van der Waals surface area contributed by atoms with E-state index in [0.717, 1.165) is 10.8 Å². The highest BCUT2D eigenvalue weighted by Gasteiger charge is 2.22. The fourth-order valence-electron chi connectivity index (χ4n) is 1.61. The van der Waals surface area contributed by atoms with Crippen molar-refractivity contribution in [1.82, 2.24) is 4.98 Å². The van der Waals surface area contributed by atoms with E-state index >= 15 is 0 Å². The van der Waals surface area contributed by atoms with Gasteiger partial charge in [0, 0.05) is 24.2 Å². The van der Waals surface area contributed by atoms with E-state index < -0.39 is 6.10 Å². The molecule has 2 atom stereocenters. The van der Waals surface area contributed by atoms with Crippen LogP contribution in [0.1, 0.15) is 25.1 Å². The van der Waals surface area contributed by atoms with E-state index in [0.29, 0.717) is 6.04 Å². The summed E-state index contributed by atoms with van der Waals surface area (Å²) in [5, 5.41) is 12.4. The van der Waals surface area contributed by atoms with Gasteiger partial charge in [-0.15, -0.1) is 11.3 Å². The molecule has 3 nitrogen and oxygen atoms in total. The lowest BCUT2D eigenvalue weighted by atomic mass is 10.2. The standard InChI is InChI=1S/C10H16N2OS2/c1-7(13)9-6-15-10(11-9)12(2)8-3-4-14-5-8/h6-8,13H,3-5H2,1-2H3. The molecule has 1 fully saturated rings. The van der Waals surface area contributed by atoms with E-state index in [1.54, 1.807) is 18.3 Å². The lowest BCUT2D eigenvalue weighted by Crippen LogP contribution is -2.31. The smallest absolute Gasteiger partial charge is 0.185 e. The minimum atomic E-state index is -0.457. The van der Waals surface area contributed by atoms with Crippen LogP contribution in [0.25, 0.3) is 0 Å². The molecule has 0 radical (unpaired) electrons. The van der Waals surface area contributed by atoms with Gasteiger partial charge < -0.3 is 10.0 Å². The van der Waals surface area contributed by atoms with Crippen LogP contribution >= 0.6 is 23.1 Å². The van der Waals surface area contributed by atoms with Crippen molar-refractivity contribution in [3.05, 3.63) is 11.1 Å². The first-order chi connectivity index (χ1) is 7.18. The quantitative estimate of drug-likeness (QED) is 0.884. The Morgan fingerprint density at radius 3 is 3.00 bits per heavy atom. The summed E-state index contributed by atoms with van der Waals surface area (Å²) in [6.07, 6.45) is 0.784. The summed E-state index contributed by atoms with van der Waals surface area (Å²) in [5.74, 6) is 2.45. The minimum Gasteiger partial charge on any atom is -0.387 e. The predicted molar refractivity (Wildman–Crippen MR) is 66.9 cm³/mol. The molecule has 2 heterocycles. The maximum atomic E-state index is 9.41. The molecule has 0 saturated carbocycles. The summed E-state index contributed by atoms with van der Waals surface area (Å²) >= 11 is 3.62. The summed E-state index contributed by atoms with van der Waals surface area (Å²) in [6.45, 7) is 1.75. The van der Waals surface area contributed by atoms with Crippen LogP contribution in [0.15, 0.2) is 5.38 Å². The van der Waals surface area contributed by atoms with Crippen molar-refractivity contribution in [2.45, 2.75) is 25.5 Å². The SMILES string of the molecule is CC(O)c1csc(N(C)C2CCSC2)n1. The number of nitrogens with zero attached hydrogens (tertiary/aromatic N) is 2. The second-order valence-electron chi connectivity index (χ2n) is 3.86. The zero-order valence-corrected chi connectivity index (χ0v) is 10.6. The van der Waals surface area contributed by atoms with Gasteiger partial charge in [-0.2, -0.15) is 11.8 Å². The monoisotopic (exact) mass is 244 g/mol. The van der Waals surface area contributed by atoms with E-state index in [9.17, 15) is 5.11 Å². The van der Waals surface area contributed by atoms with Gasteiger partial charge in [-0.25, -0.2) is 4.98 Å². The Morgan fingerprint density at radius 2 is 2.47 bits per heavy atom. The molecule has 1 aliphatic rings. The minimum absolute atomic E-state index is 0.457. The van der Waals surface area contributed by atoms with Crippen LogP contribution in [0, 0.1) is 0 Å². The molecule has 5 heteroatoms. The number of aliphatic hydroxyl groups excluding tert-OH is 1. The highest BCUT2D eigenvalue weighted by atomic mass is 32.2. The van der Waals surface area contributed by atoms with E-state index in [4.69, 9.17) is 0 Å². The van der Waals surface area contributed by atoms with Crippen LogP contribution in [0.4, 0.5) is 5.13 Å². The van der Waals surface area contributed by atoms with Crippen molar-refractivity contribution in [3.63, 3.8) is 0 Å². The van der Waals surface area contributed by atoms with Gasteiger partial charge in [0.1, 0.15) is 0 Å². The summed E-state index contributed by atoms with van der Waals surface area (Å²) < 4.78 is 0. The molecule has 1 aromatic heterocycles. The van der Waals surface area contributed by atoms with Crippen LogP contribution in [0.2, 0.25) is 0 Å². The number of thioether (sulfide) groups is 1. The third kappa shape index (κ3) is 2.46. The Hall–Kier alpha value is -0.260. The highest BCUT2D eigenvalue weighted by Crippen LogP contribution is 2.29. The van der Waals surface area contributed by atoms with Crippen molar-refractivity contribution >= 4 is 28.2 Å². The molecule has 15 heavy (non-hydrogen) atoms. The van der Waals surface area contributed by atoms with Crippen LogP contribution in [0.5, 0.6) is 0 Å². The molecule has 1 aliphatic heterocycles. The number of hydrogen-bond acceptors (Lipinski definition) is 5. The highest BCUT2D eigenvalue weighted by molar-refractivity contribution is 7.99. The van der Waals surface area contributed by atoms with Gasteiger partial charge in [0.05, 0.1) is 11.8 Å². The van der Waals surface area contributed by atoms with Crippen molar-refractivity contribution in [2.24, 2.45) is 0 Å². The average molecular weight is 244 g/mol. The van der Waals surface area contributed by atoms with E-state index in [1.807, 2.05) is 17.1 Å². The molecule has 0 aliphatic carbocycles. The molecule has 0 aromatic carbocycles. The van der Waals surface area contributed by atoms with Crippen LogP contribution in [-0.2, 0) is 0 Å².